The molecule has 0 amide bonds. The fourth-order valence-electron chi connectivity index (χ4n) is 4.00. The number of benzene rings is 1. The number of aliphatic hydroxyl groups excluding tert-OH is 1. The Kier molecular flexibility index (Phi) is 16.9. The van der Waals surface area contributed by atoms with Crippen molar-refractivity contribution in [1.82, 2.24) is 0 Å². The van der Waals surface area contributed by atoms with E-state index in [1.807, 2.05) is 19.6 Å². The standard InChI is InChI=1S/C8H15N3.C8H6O3.C8H14.C3H9N3Si/c9-11-10-8-6-4-2-1-3-5-7-8;9-7-5-3-1-2-4-6(5)8(10)11-7;1-2-4-6-8-7-5-3-1;1-7(2,3)6-5-4/h8H,1-7H2;1-4,7,9H;1-2H,3-8H2;1-3H3. The highest BCUT2D eigenvalue weighted by Crippen LogP contribution is 2.27. The van der Waals surface area contributed by atoms with Gasteiger partial charge in [-0.1, -0.05) is 100 Å². The Morgan fingerprint density at radius 3 is 1.89 bits per heavy atom. The second kappa shape index (κ2) is 19.4. The van der Waals surface area contributed by atoms with Crippen molar-refractivity contribution in [2.24, 2.45) is 9.89 Å². The molecule has 0 radical (unpaired) electrons. The average molecular weight is 529 g/mol. The lowest BCUT2D eigenvalue weighted by atomic mass is 9.97. The van der Waals surface area contributed by atoms with Crippen LogP contribution in [0, 0.1) is 0 Å². The second-order valence-corrected chi connectivity index (χ2v) is 14.9. The van der Waals surface area contributed by atoms with E-state index in [1.165, 1.54) is 70.6 Å². The highest BCUT2D eigenvalue weighted by atomic mass is 28.3. The first-order chi connectivity index (χ1) is 17.8. The number of nitrogens with zero attached hydrogens (tertiary/aromatic N) is 6. The molecule has 1 N–H and O–H groups in total. The van der Waals surface area contributed by atoms with Crippen molar-refractivity contribution in [2.45, 2.75) is 115 Å². The molecule has 1 heterocycles. The van der Waals surface area contributed by atoms with Crippen LogP contribution in [0.1, 0.15) is 106 Å². The van der Waals surface area contributed by atoms with Crippen LogP contribution in [0.3, 0.4) is 0 Å². The molecule has 204 valence electrons. The predicted octanol–water partition coefficient (Wildman–Crippen LogP) is 9.29. The second-order valence-electron chi connectivity index (χ2n) is 10.4. The first-order valence-corrected chi connectivity index (χ1v) is 17.0. The number of allylic oxidation sites excluding steroid dienone is 2. The molecule has 1 fully saturated rings. The van der Waals surface area contributed by atoms with E-state index in [0.717, 1.165) is 12.8 Å². The molecule has 3 aliphatic rings. The molecule has 1 aromatic rings. The van der Waals surface area contributed by atoms with Crippen LogP contribution in [-0.4, -0.2) is 25.4 Å². The normalized spacial score (nSPS) is 19.4. The molecular weight excluding hydrogens is 484 g/mol. The molecule has 9 nitrogen and oxygen atoms in total. The quantitative estimate of drug-likeness (QED) is 0.102. The van der Waals surface area contributed by atoms with Gasteiger partial charge in [-0.25, -0.2) is 4.79 Å². The number of hydrogen-bond acceptors (Lipinski definition) is 5. The minimum absolute atomic E-state index is 0.292. The first kappa shape index (κ1) is 32.3. The van der Waals surface area contributed by atoms with E-state index in [4.69, 9.17) is 16.2 Å². The van der Waals surface area contributed by atoms with Gasteiger partial charge >= 0.3 is 5.97 Å². The molecule has 4 rings (SSSR count). The van der Waals surface area contributed by atoms with Gasteiger partial charge in [0.15, 0.2) is 0 Å². The molecule has 0 saturated heterocycles. The van der Waals surface area contributed by atoms with E-state index >= 15 is 0 Å². The summed E-state index contributed by atoms with van der Waals surface area (Å²) in [4.78, 5) is 16.4. The van der Waals surface area contributed by atoms with E-state index in [-0.39, 0.29) is 0 Å². The number of azide groups is 2. The SMILES string of the molecule is C1=CCCCCCC1.C[Si](C)(C)N=[N+]=[N-].O=C1OC(O)c2ccccc21.[N-]=[N+]=NC1CCCCCCC1. The van der Waals surface area contributed by atoms with Crippen molar-refractivity contribution in [1.29, 1.82) is 0 Å². The summed E-state index contributed by atoms with van der Waals surface area (Å²) in [5.74, 6) is -0.451. The van der Waals surface area contributed by atoms with Gasteiger partial charge in [0.1, 0.15) is 8.24 Å². The Balaban J connectivity index is 0.000000252. The maximum absolute atomic E-state index is 10.9. The molecule has 0 aromatic heterocycles. The van der Waals surface area contributed by atoms with Crippen molar-refractivity contribution in [2.75, 3.05) is 0 Å². The number of hydrogen-bond donors (Lipinski definition) is 1. The summed E-state index contributed by atoms with van der Waals surface area (Å²) >= 11 is 0. The summed E-state index contributed by atoms with van der Waals surface area (Å²) in [7, 11) is -1.45. The summed E-state index contributed by atoms with van der Waals surface area (Å²) in [6.45, 7) is 5.98. The van der Waals surface area contributed by atoms with E-state index in [1.54, 1.807) is 24.3 Å². The van der Waals surface area contributed by atoms with Crippen molar-refractivity contribution in [3.05, 3.63) is 68.4 Å². The minimum atomic E-state index is -1.45. The summed E-state index contributed by atoms with van der Waals surface area (Å²) in [5, 5.41) is 12.9. The molecule has 1 aromatic carbocycles. The molecule has 1 saturated carbocycles. The van der Waals surface area contributed by atoms with Crippen LogP contribution >= 0.6 is 0 Å². The van der Waals surface area contributed by atoms with Crippen LogP contribution in [0.4, 0.5) is 0 Å². The number of aliphatic hydroxyl groups is 1. The number of fused-ring (bicyclic) bond motifs is 1. The van der Waals surface area contributed by atoms with Gasteiger partial charge in [0.25, 0.3) is 0 Å². The van der Waals surface area contributed by atoms with Crippen molar-refractivity contribution in [3.63, 3.8) is 0 Å². The molecular formula is C27H44N6O3Si. The maximum atomic E-state index is 10.9. The van der Waals surface area contributed by atoms with Crippen molar-refractivity contribution >= 4 is 14.2 Å². The Hall–Kier alpha value is -2.77. The summed E-state index contributed by atoms with van der Waals surface area (Å²) in [5.41, 5.74) is 17.1. The number of carbonyl (C=O) groups excluding carboxylic acids is 1. The third kappa shape index (κ3) is 15.8. The van der Waals surface area contributed by atoms with Gasteiger partial charge in [-0.15, -0.1) is 4.78 Å². The van der Waals surface area contributed by atoms with Gasteiger partial charge in [-0.2, -0.15) is 0 Å². The zero-order valence-corrected chi connectivity index (χ0v) is 23.8. The molecule has 0 spiro atoms. The third-order valence-corrected chi connectivity index (χ3v) is 6.65. The number of ether oxygens (including phenoxy) is 1. The Labute approximate surface area is 222 Å². The maximum Gasteiger partial charge on any atom is 0.341 e. The van der Waals surface area contributed by atoms with E-state index in [2.05, 4.69) is 36.6 Å². The predicted molar refractivity (Wildman–Crippen MR) is 151 cm³/mol. The fourth-order valence-corrected chi connectivity index (χ4v) is 4.27. The molecule has 2 aliphatic carbocycles. The molecule has 1 atom stereocenters. The smallest absolute Gasteiger partial charge is 0.341 e. The van der Waals surface area contributed by atoms with Gasteiger partial charge < -0.3 is 9.84 Å². The van der Waals surface area contributed by atoms with Crippen molar-refractivity contribution < 1.29 is 14.6 Å². The zero-order chi connectivity index (χ0) is 27.4. The topological polar surface area (TPSA) is 144 Å². The van der Waals surface area contributed by atoms with Gasteiger partial charge in [0.2, 0.25) is 6.29 Å². The average Bonchev–Trinajstić information content (AvgIpc) is 3.09. The Morgan fingerprint density at radius 2 is 1.41 bits per heavy atom. The number of cyclic esters (lactones) is 1. The lowest BCUT2D eigenvalue weighted by Gasteiger charge is -2.13. The van der Waals surface area contributed by atoms with Gasteiger partial charge in [0.05, 0.1) is 5.56 Å². The largest absolute Gasteiger partial charge is 0.428 e. The Bertz CT molecular complexity index is 903. The lowest BCUT2D eigenvalue weighted by Crippen LogP contribution is -2.13. The molecule has 0 bridgehead atoms. The van der Waals surface area contributed by atoms with Crippen molar-refractivity contribution in [3.8, 4) is 0 Å². The number of carbonyl (C=O) groups is 1. The number of rotatable bonds is 2. The molecule has 37 heavy (non-hydrogen) atoms. The van der Waals surface area contributed by atoms with Crippen LogP contribution in [0.2, 0.25) is 19.6 Å². The zero-order valence-electron chi connectivity index (χ0n) is 22.8. The highest BCUT2D eigenvalue weighted by molar-refractivity contribution is 6.74. The highest BCUT2D eigenvalue weighted by Gasteiger charge is 2.28. The Morgan fingerprint density at radius 1 is 0.865 bits per heavy atom. The summed E-state index contributed by atoms with van der Waals surface area (Å²) in [6, 6.07) is 7.08. The minimum Gasteiger partial charge on any atom is -0.428 e. The van der Waals surface area contributed by atoms with E-state index in [0.29, 0.717) is 17.2 Å². The van der Waals surface area contributed by atoms with Gasteiger partial charge in [-0.05, 0) is 60.6 Å². The van der Waals surface area contributed by atoms with E-state index in [9.17, 15) is 4.79 Å². The monoisotopic (exact) mass is 528 g/mol. The third-order valence-electron chi connectivity index (χ3n) is 5.96. The fraction of sp³-hybridized carbons (Fsp3) is 0.667. The van der Waals surface area contributed by atoms with E-state index < -0.39 is 20.5 Å². The number of esters is 1. The molecule has 10 heteroatoms. The van der Waals surface area contributed by atoms with Crippen LogP contribution in [0.25, 0.3) is 20.9 Å². The first-order valence-electron chi connectivity index (χ1n) is 13.5. The van der Waals surface area contributed by atoms with Crippen LogP contribution in [0.15, 0.2) is 46.3 Å². The van der Waals surface area contributed by atoms with Crippen LogP contribution < -0.4 is 0 Å². The van der Waals surface area contributed by atoms with Crippen LogP contribution in [0.5, 0.6) is 0 Å². The van der Waals surface area contributed by atoms with Gasteiger partial charge in [0, 0.05) is 16.5 Å². The van der Waals surface area contributed by atoms with Crippen LogP contribution in [-0.2, 0) is 4.74 Å². The summed E-state index contributed by atoms with van der Waals surface area (Å²) < 4.78 is 8.12. The summed E-state index contributed by atoms with van der Waals surface area (Å²) in [6.07, 6.45) is 20.6. The molecule has 1 aliphatic heterocycles. The molecule has 1 unspecified atom stereocenters. The lowest BCUT2D eigenvalue weighted by molar-refractivity contribution is -0.0547. The van der Waals surface area contributed by atoms with Gasteiger partial charge in [-0.3, -0.25) is 0 Å².